The van der Waals surface area contributed by atoms with Crippen LogP contribution in [-0.4, -0.2) is 25.6 Å². The average Bonchev–Trinajstić information content (AvgIpc) is 3.53. The summed E-state index contributed by atoms with van der Waals surface area (Å²) < 4.78 is 15.0. The number of benzene rings is 2. The number of hydrogen-bond acceptors (Lipinski definition) is 6. The van der Waals surface area contributed by atoms with Crippen LogP contribution in [0.4, 0.5) is 10.1 Å². The average molecular weight is 441 g/mol. The monoisotopic (exact) mass is 441 g/mol. The van der Waals surface area contributed by atoms with Crippen LogP contribution in [0.1, 0.15) is 37.2 Å². The molecule has 1 unspecified atom stereocenters. The molecule has 0 radical (unpaired) electrons. The summed E-state index contributed by atoms with van der Waals surface area (Å²) in [4.78, 5) is 22.8. The molecule has 1 saturated carbocycles. The van der Waals surface area contributed by atoms with E-state index in [0.717, 1.165) is 18.4 Å². The van der Waals surface area contributed by atoms with E-state index < -0.39 is 11.0 Å². The Labute approximate surface area is 182 Å². The van der Waals surface area contributed by atoms with Gasteiger partial charge in [0.25, 0.3) is 5.69 Å². The van der Waals surface area contributed by atoms with E-state index in [4.69, 9.17) is 0 Å². The summed E-state index contributed by atoms with van der Waals surface area (Å²) in [5.41, 5.74) is 1.55. The Hall–Kier alpha value is -3.27. The van der Waals surface area contributed by atoms with Crippen LogP contribution in [0, 0.1) is 21.8 Å². The maximum absolute atomic E-state index is 13.2. The molecule has 1 amide bonds. The highest BCUT2D eigenvalue weighted by atomic mass is 32.2. The maximum Gasteiger partial charge on any atom is 0.269 e. The molecule has 1 fully saturated rings. The van der Waals surface area contributed by atoms with Crippen molar-refractivity contribution < 1.29 is 14.1 Å². The molecule has 0 saturated heterocycles. The van der Waals surface area contributed by atoms with Gasteiger partial charge in [-0.15, -0.1) is 10.2 Å². The minimum absolute atomic E-state index is 0.00809. The molecule has 1 atom stereocenters. The topological polar surface area (TPSA) is 103 Å². The summed E-state index contributed by atoms with van der Waals surface area (Å²) in [6.07, 6.45) is 1.79. The third-order valence-electron chi connectivity index (χ3n) is 4.95. The van der Waals surface area contributed by atoms with Crippen molar-refractivity contribution in [2.24, 2.45) is 5.92 Å². The molecule has 8 nitrogen and oxygen atoms in total. The van der Waals surface area contributed by atoms with Gasteiger partial charge in [0.05, 0.1) is 11.0 Å². The molecule has 0 spiro atoms. The Balaban J connectivity index is 1.63. The zero-order valence-corrected chi connectivity index (χ0v) is 17.5. The van der Waals surface area contributed by atoms with Gasteiger partial charge in [0.2, 0.25) is 5.91 Å². The Morgan fingerprint density at radius 3 is 2.52 bits per heavy atom. The van der Waals surface area contributed by atoms with Crippen LogP contribution in [0.25, 0.3) is 5.69 Å². The van der Waals surface area contributed by atoms with Gasteiger partial charge >= 0.3 is 0 Å². The number of aromatic nitrogens is 3. The van der Waals surface area contributed by atoms with Gasteiger partial charge < -0.3 is 5.32 Å². The highest BCUT2D eigenvalue weighted by Gasteiger charge is 2.31. The Morgan fingerprint density at radius 2 is 1.90 bits per heavy atom. The van der Waals surface area contributed by atoms with Crippen molar-refractivity contribution in [2.75, 3.05) is 0 Å². The molecular formula is C21H20FN5O3S. The van der Waals surface area contributed by atoms with Crippen LogP contribution in [0.3, 0.4) is 0 Å². The van der Waals surface area contributed by atoms with Crippen LogP contribution in [0.2, 0.25) is 0 Å². The predicted molar refractivity (Wildman–Crippen MR) is 113 cm³/mol. The summed E-state index contributed by atoms with van der Waals surface area (Å²) in [6, 6.07) is 11.9. The number of nitro benzene ring substituents is 1. The number of non-ortho nitro benzene ring substituents is 1. The van der Waals surface area contributed by atoms with Crippen molar-refractivity contribution in [2.45, 2.75) is 36.7 Å². The van der Waals surface area contributed by atoms with Gasteiger partial charge in [-0.2, -0.15) is 0 Å². The number of nitro groups is 1. The largest absolute Gasteiger partial charge is 0.346 e. The van der Waals surface area contributed by atoms with E-state index in [1.54, 1.807) is 28.8 Å². The quantitative estimate of drug-likeness (QED) is 0.319. The Morgan fingerprint density at radius 1 is 1.23 bits per heavy atom. The van der Waals surface area contributed by atoms with Crippen molar-refractivity contribution in [3.63, 3.8) is 0 Å². The first-order valence-corrected chi connectivity index (χ1v) is 10.8. The number of thioether (sulfide) groups is 1. The van der Waals surface area contributed by atoms with Crippen molar-refractivity contribution in [1.82, 2.24) is 20.1 Å². The first kappa shape index (κ1) is 21.0. The van der Waals surface area contributed by atoms with Crippen molar-refractivity contribution >= 4 is 23.4 Å². The minimum atomic E-state index is -0.459. The van der Waals surface area contributed by atoms with Gasteiger partial charge in [0.15, 0.2) is 11.0 Å². The number of rotatable bonds is 8. The summed E-state index contributed by atoms with van der Waals surface area (Å²) in [7, 11) is 0. The summed E-state index contributed by atoms with van der Waals surface area (Å²) in [6.45, 7) is 1.83. The lowest BCUT2D eigenvalue weighted by molar-refractivity contribution is -0.384. The number of nitrogens with one attached hydrogen (secondary N) is 1. The second-order valence-electron chi connectivity index (χ2n) is 7.37. The SMILES string of the molecule is CC(NC(=O)C1CC1)c1nnc(SCc2ccc(F)cc2)n1-c1ccc([N+](=O)[O-])cc1. The fourth-order valence-electron chi connectivity index (χ4n) is 3.09. The standard InChI is InChI=1S/C21H20FN5O3S/c1-13(23-20(28)15-4-5-15)19-24-25-21(31-12-14-2-6-16(22)7-3-14)26(19)17-8-10-18(11-9-17)27(29)30/h2-3,6-11,13,15H,4-5,12H2,1H3,(H,23,28). The molecule has 1 aliphatic carbocycles. The molecule has 1 heterocycles. The van der Waals surface area contributed by atoms with Gasteiger partial charge in [0.1, 0.15) is 5.82 Å². The second-order valence-corrected chi connectivity index (χ2v) is 8.31. The molecule has 0 aliphatic heterocycles. The van der Waals surface area contributed by atoms with E-state index in [1.807, 2.05) is 6.92 Å². The summed E-state index contributed by atoms with van der Waals surface area (Å²) in [5, 5.41) is 23.1. The lowest BCUT2D eigenvalue weighted by Gasteiger charge is -2.16. The highest BCUT2D eigenvalue weighted by molar-refractivity contribution is 7.98. The first-order chi connectivity index (χ1) is 14.9. The second kappa shape index (κ2) is 8.84. The Kier molecular flexibility index (Phi) is 5.99. The zero-order chi connectivity index (χ0) is 22.0. The molecular weight excluding hydrogens is 421 g/mol. The molecule has 1 aromatic heterocycles. The maximum atomic E-state index is 13.2. The van der Waals surface area contributed by atoms with Crippen LogP contribution in [-0.2, 0) is 10.5 Å². The van der Waals surface area contributed by atoms with Crippen LogP contribution in [0.15, 0.2) is 53.7 Å². The van der Waals surface area contributed by atoms with E-state index in [0.29, 0.717) is 22.4 Å². The molecule has 1 aliphatic rings. The minimum Gasteiger partial charge on any atom is -0.346 e. The van der Waals surface area contributed by atoms with Crippen LogP contribution >= 0.6 is 11.8 Å². The van der Waals surface area contributed by atoms with E-state index in [2.05, 4.69) is 15.5 Å². The Bertz CT molecular complexity index is 1100. The van der Waals surface area contributed by atoms with Gasteiger partial charge in [0, 0.05) is 29.5 Å². The smallest absolute Gasteiger partial charge is 0.269 e. The molecule has 3 aromatic rings. The van der Waals surface area contributed by atoms with Gasteiger partial charge in [-0.3, -0.25) is 19.5 Å². The van der Waals surface area contributed by atoms with E-state index in [-0.39, 0.29) is 23.3 Å². The fraction of sp³-hybridized carbons (Fsp3) is 0.286. The number of hydrogen-bond donors (Lipinski definition) is 1. The normalized spacial score (nSPS) is 14.3. The van der Waals surface area contributed by atoms with Crippen molar-refractivity contribution in [3.05, 3.63) is 75.9 Å². The molecule has 160 valence electrons. The number of amides is 1. The third kappa shape index (κ3) is 4.91. The molecule has 4 rings (SSSR count). The first-order valence-electron chi connectivity index (χ1n) is 9.80. The lowest BCUT2D eigenvalue weighted by Crippen LogP contribution is -2.29. The van der Waals surface area contributed by atoms with Gasteiger partial charge in [-0.25, -0.2) is 4.39 Å². The fourth-order valence-corrected chi connectivity index (χ4v) is 4.01. The molecule has 1 N–H and O–H groups in total. The summed E-state index contributed by atoms with van der Waals surface area (Å²) >= 11 is 1.41. The summed E-state index contributed by atoms with van der Waals surface area (Å²) in [5.74, 6) is 0.820. The number of carbonyl (C=O) groups is 1. The van der Waals surface area contributed by atoms with Crippen molar-refractivity contribution in [3.8, 4) is 5.69 Å². The van der Waals surface area contributed by atoms with Gasteiger partial charge in [-0.05, 0) is 49.6 Å². The molecule has 10 heteroatoms. The van der Waals surface area contributed by atoms with Crippen LogP contribution in [0.5, 0.6) is 0 Å². The van der Waals surface area contributed by atoms with E-state index in [9.17, 15) is 19.3 Å². The third-order valence-corrected chi connectivity index (χ3v) is 5.95. The zero-order valence-electron chi connectivity index (χ0n) is 16.7. The number of nitrogens with zero attached hydrogens (tertiary/aromatic N) is 4. The number of carbonyl (C=O) groups excluding carboxylic acids is 1. The molecule has 0 bridgehead atoms. The van der Waals surface area contributed by atoms with E-state index >= 15 is 0 Å². The van der Waals surface area contributed by atoms with Gasteiger partial charge in [-0.1, -0.05) is 23.9 Å². The molecule has 2 aromatic carbocycles. The lowest BCUT2D eigenvalue weighted by atomic mass is 10.2. The van der Waals surface area contributed by atoms with E-state index in [1.165, 1.54) is 36.0 Å². The highest BCUT2D eigenvalue weighted by Crippen LogP contribution is 2.31. The predicted octanol–water partition coefficient (Wildman–Crippen LogP) is 4.19. The van der Waals surface area contributed by atoms with Crippen molar-refractivity contribution in [1.29, 1.82) is 0 Å². The number of halogens is 1. The van der Waals surface area contributed by atoms with Crippen LogP contribution < -0.4 is 5.32 Å². The molecule has 31 heavy (non-hydrogen) atoms.